The third kappa shape index (κ3) is 1.65. The summed E-state index contributed by atoms with van der Waals surface area (Å²) >= 11 is 0. The molecule has 0 bridgehead atoms. The third-order valence-corrected chi connectivity index (χ3v) is 3.04. The topological polar surface area (TPSA) is 52.0 Å². The molecule has 0 aliphatic carbocycles. The Bertz CT molecular complexity index is 581. The molecule has 1 aliphatic heterocycles. The zero-order valence-electron chi connectivity index (χ0n) is 9.98. The van der Waals surface area contributed by atoms with Crippen molar-refractivity contribution in [1.82, 2.24) is 20.1 Å². The van der Waals surface area contributed by atoms with Crippen molar-refractivity contribution in [3.05, 3.63) is 29.8 Å². The molecule has 0 fully saturated rings. The van der Waals surface area contributed by atoms with Crippen molar-refractivity contribution in [2.75, 3.05) is 13.7 Å². The lowest BCUT2D eigenvalue weighted by molar-refractivity contribution is 0.412. The minimum absolute atomic E-state index is 0.344. The molecule has 0 amide bonds. The summed E-state index contributed by atoms with van der Waals surface area (Å²) in [4.78, 5) is 0. The molecule has 3 rings (SSSR count). The van der Waals surface area contributed by atoms with E-state index in [1.807, 2.05) is 4.57 Å². The van der Waals surface area contributed by atoms with E-state index in [1.165, 1.54) is 13.2 Å². The van der Waals surface area contributed by atoms with Gasteiger partial charge in [-0.2, -0.15) is 0 Å². The van der Waals surface area contributed by atoms with Gasteiger partial charge in [-0.05, 0) is 12.1 Å². The van der Waals surface area contributed by atoms with Gasteiger partial charge in [0.15, 0.2) is 5.82 Å². The largest absolute Gasteiger partial charge is 0.496 e. The molecule has 6 heteroatoms. The van der Waals surface area contributed by atoms with Gasteiger partial charge in [-0.25, -0.2) is 4.39 Å². The Morgan fingerprint density at radius 3 is 3.11 bits per heavy atom. The van der Waals surface area contributed by atoms with E-state index in [1.54, 1.807) is 12.1 Å². The van der Waals surface area contributed by atoms with E-state index in [0.29, 0.717) is 23.7 Å². The first kappa shape index (κ1) is 11.2. The van der Waals surface area contributed by atoms with Crippen LogP contribution >= 0.6 is 0 Å². The Kier molecular flexibility index (Phi) is 2.71. The second kappa shape index (κ2) is 4.38. The zero-order valence-corrected chi connectivity index (χ0v) is 9.98. The van der Waals surface area contributed by atoms with Crippen LogP contribution in [-0.4, -0.2) is 28.4 Å². The van der Waals surface area contributed by atoms with Crippen LogP contribution < -0.4 is 10.1 Å². The molecular formula is C12H13FN4O. The summed E-state index contributed by atoms with van der Waals surface area (Å²) in [7, 11) is 1.52. The monoisotopic (exact) mass is 248 g/mol. The molecule has 0 unspecified atom stereocenters. The van der Waals surface area contributed by atoms with Crippen molar-refractivity contribution in [3.63, 3.8) is 0 Å². The number of aromatic nitrogens is 3. The summed E-state index contributed by atoms with van der Waals surface area (Å²) in [6.07, 6.45) is 0. The molecule has 1 aromatic carbocycles. The normalized spacial score (nSPS) is 14.3. The lowest BCUT2D eigenvalue weighted by Gasteiger charge is -2.17. The van der Waals surface area contributed by atoms with Crippen LogP contribution in [0.3, 0.4) is 0 Å². The molecular weight excluding hydrogens is 235 g/mol. The van der Waals surface area contributed by atoms with E-state index in [-0.39, 0.29) is 5.82 Å². The number of hydrogen-bond acceptors (Lipinski definition) is 4. The highest BCUT2D eigenvalue weighted by atomic mass is 19.1. The van der Waals surface area contributed by atoms with Gasteiger partial charge >= 0.3 is 0 Å². The predicted octanol–water partition coefficient (Wildman–Crippen LogP) is 1.20. The molecule has 2 heterocycles. The van der Waals surface area contributed by atoms with Gasteiger partial charge in [-0.3, -0.25) is 0 Å². The molecule has 1 aromatic heterocycles. The lowest BCUT2D eigenvalue weighted by Crippen LogP contribution is -2.28. The van der Waals surface area contributed by atoms with E-state index in [0.717, 1.165) is 18.9 Å². The third-order valence-electron chi connectivity index (χ3n) is 3.04. The standard InChI is InChI=1S/C12H13FN4O/c1-18-9-4-2-3-8(13)11(9)12-16-15-10-7-14-5-6-17(10)12/h2-4,14H,5-7H2,1H3. The number of rotatable bonds is 2. The van der Waals surface area contributed by atoms with Crippen molar-refractivity contribution >= 4 is 0 Å². The smallest absolute Gasteiger partial charge is 0.170 e. The Hall–Kier alpha value is -1.95. The van der Waals surface area contributed by atoms with E-state index in [2.05, 4.69) is 15.5 Å². The Morgan fingerprint density at radius 2 is 2.28 bits per heavy atom. The van der Waals surface area contributed by atoms with Gasteiger partial charge in [0.2, 0.25) is 0 Å². The van der Waals surface area contributed by atoms with Crippen LogP contribution in [0.5, 0.6) is 5.75 Å². The van der Waals surface area contributed by atoms with E-state index in [4.69, 9.17) is 4.74 Å². The molecule has 0 atom stereocenters. The predicted molar refractivity (Wildman–Crippen MR) is 63.7 cm³/mol. The highest BCUT2D eigenvalue weighted by Gasteiger charge is 2.21. The maximum Gasteiger partial charge on any atom is 0.170 e. The zero-order chi connectivity index (χ0) is 12.5. The second-order valence-corrected chi connectivity index (χ2v) is 4.09. The molecule has 1 N–H and O–H groups in total. The number of ether oxygens (including phenoxy) is 1. The van der Waals surface area contributed by atoms with Crippen molar-refractivity contribution in [2.45, 2.75) is 13.1 Å². The first-order chi connectivity index (χ1) is 8.81. The number of nitrogens with one attached hydrogen (secondary N) is 1. The molecule has 0 saturated heterocycles. The molecule has 0 saturated carbocycles. The molecule has 94 valence electrons. The van der Waals surface area contributed by atoms with Gasteiger partial charge in [0.05, 0.1) is 19.2 Å². The minimum Gasteiger partial charge on any atom is -0.496 e. The number of hydrogen-bond donors (Lipinski definition) is 1. The average molecular weight is 248 g/mol. The van der Waals surface area contributed by atoms with E-state index < -0.39 is 0 Å². The fourth-order valence-electron chi connectivity index (χ4n) is 2.17. The summed E-state index contributed by atoms with van der Waals surface area (Å²) in [5.41, 5.74) is 0.376. The lowest BCUT2D eigenvalue weighted by atomic mass is 10.1. The van der Waals surface area contributed by atoms with Gasteiger partial charge in [0.25, 0.3) is 0 Å². The first-order valence-corrected chi connectivity index (χ1v) is 5.77. The van der Waals surface area contributed by atoms with E-state index >= 15 is 0 Å². The minimum atomic E-state index is -0.344. The Morgan fingerprint density at radius 1 is 1.39 bits per heavy atom. The molecule has 5 nitrogen and oxygen atoms in total. The quantitative estimate of drug-likeness (QED) is 0.867. The number of benzene rings is 1. The summed E-state index contributed by atoms with van der Waals surface area (Å²) in [6, 6.07) is 4.74. The molecule has 0 radical (unpaired) electrons. The maximum absolute atomic E-state index is 14.0. The molecule has 2 aromatic rings. The first-order valence-electron chi connectivity index (χ1n) is 5.77. The van der Waals surface area contributed by atoms with Gasteiger partial charge in [0.1, 0.15) is 17.4 Å². The van der Waals surface area contributed by atoms with Gasteiger partial charge < -0.3 is 14.6 Å². The molecule has 0 spiro atoms. The highest BCUT2D eigenvalue weighted by molar-refractivity contribution is 5.65. The number of halogens is 1. The number of fused-ring (bicyclic) bond motifs is 1. The van der Waals surface area contributed by atoms with Crippen molar-refractivity contribution in [3.8, 4) is 17.1 Å². The maximum atomic E-state index is 14.0. The second-order valence-electron chi connectivity index (χ2n) is 4.09. The fourth-order valence-corrected chi connectivity index (χ4v) is 2.17. The van der Waals surface area contributed by atoms with E-state index in [9.17, 15) is 4.39 Å². The number of nitrogens with zero attached hydrogens (tertiary/aromatic N) is 3. The average Bonchev–Trinajstić information content (AvgIpc) is 2.82. The van der Waals surface area contributed by atoms with Crippen LogP contribution in [0.2, 0.25) is 0 Å². The van der Waals surface area contributed by atoms with Crippen LogP contribution in [-0.2, 0) is 13.1 Å². The van der Waals surface area contributed by atoms with Gasteiger partial charge in [-0.15, -0.1) is 10.2 Å². The van der Waals surface area contributed by atoms with Crippen molar-refractivity contribution in [1.29, 1.82) is 0 Å². The van der Waals surface area contributed by atoms with Gasteiger partial charge in [0, 0.05) is 13.1 Å². The van der Waals surface area contributed by atoms with Gasteiger partial charge in [-0.1, -0.05) is 6.07 Å². The van der Waals surface area contributed by atoms with Crippen LogP contribution in [0.4, 0.5) is 4.39 Å². The Labute approximate surface area is 104 Å². The fraction of sp³-hybridized carbons (Fsp3) is 0.333. The SMILES string of the molecule is COc1cccc(F)c1-c1nnc2n1CCNC2. The summed E-state index contributed by atoms with van der Waals surface area (Å²) in [6.45, 7) is 2.22. The summed E-state index contributed by atoms with van der Waals surface area (Å²) in [5, 5.41) is 11.4. The van der Waals surface area contributed by atoms with Crippen LogP contribution in [0.25, 0.3) is 11.4 Å². The van der Waals surface area contributed by atoms with Crippen molar-refractivity contribution in [2.24, 2.45) is 0 Å². The molecule has 1 aliphatic rings. The van der Waals surface area contributed by atoms with Crippen LogP contribution in [0.1, 0.15) is 5.82 Å². The highest BCUT2D eigenvalue weighted by Crippen LogP contribution is 2.31. The van der Waals surface area contributed by atoms with Crippen molar-refractivity contribution < 1.29 is 9.13 Å². The van der Waals surface area contributed by atoms with Crippen LogP contribution in [0, 0.1) is 5.82 Å². The Balaban J connectivity index is 2.18. The van der Waals surface area contributed by atoms with Crippen LogP contribution in [0.15, 0.2) is 18.2 Å². The summed E-state index contributed by atoms with van der Waals surface area (Å²) < 4.78 is 21.1. The summed E-state index contributed by atoms with van der Waals surface area (Å²) in [5.74, 6) is 1.48. The number of methoxy groups -OCH3 is 1. The molecule has 18 heavy (non-hydrogen) atoms.